The predicted molar refractivity (Wildman–Crippen MR) is 135 cm³/mol. The van der Waals surface area contributed by atoms with Gasteiger partial charge in [-0.3, -0.25) is 4.79 Å². The second-order valence-electron chi connectivity index (χ2n) is 8.92. The summed E-state index contributed by atoms with van der Waals surface area (Å²) in [6.07, 6.45) is 3.08. The zero-order chi connectivity index (χ0) is 24.8. The van der Waals surface area contributed by atoms with Crippen molar-refractivity contribution in [3.63, 3.8) is 0 Å². The first-order chi connectivity index (χ1) is 16.9. The number of anilines is 1. The molecule has 4 rings (SSSR count). The Bertz CT molecular complexity index is 1190. The lowest BCUT2D eigenvalue weighted by atomic mass is 10.0. The van der Waals surface area contributed by atoms with Gasteiger partial charge in [-0.05, 0) is 67.1 Å². The number of ether oxygens (including phenoxy) is 1. The van der Waals surface area contributed by atoms with E-state index in [0.29, 0.717) is 24.3 Å². The molecule has 2 aromatic carbocycles. The van der Waals surface area contributed by atoms with Crippen LogP contribution in [-0.2, 0) is 24.1 Å². The van der Waals surface area contributed by atoms with Gasteiger partial charge >= 0.3 is 5.97 Å². The van der Waals surface area contributed by atoms with Crippen LogP contribution >= 0.6 is 0 Å². The average molecular weight is 474 g/mol. The minimum Gasteiger partial charge on any atom is -0.493 e. The molecule has 0 unspecified atom stereocenters. The van der Waals surface area contributed by atoms with Gasteiger partial charge in [0, 0.05) is 30.6 Å². The van der Waals surface area contributed by atoms with E-state index in [-0.39, 0.29) is 12.3 Å². The summed E-state index contributed by atoms with van der Waals surface area (Å²) >= 11 is 0. The molecule has 1 aliphatic heterocycles. The van der Waals surface area contributed by atoms with Gasteiger partial charge in [-0.15, -0.1) is 0 Å². The lowest BCUT2D eigenvalue weighted by molar-refractivity contribution is -0.139. The number of aryl methyl sites for hydroxylation is 3. The quantitative estimate of drug-likeness (QED) is 0.433. The third-order valence-corrected chi connectivity index (χ3v) is 6.25. The predicted octanol–water partition coefficient (Wildman–Crippen LogP) is 4.10. The molecule has 0 saturated carbocycles. The fraction of sp³-hybridized carbons (Fsp3) is 0.321. The highest BCUT2D eigenvalue weighted by molar-refractivity contribution is 5.99. The van der Waals surface area contributed by atoms with Gasteiger partial charge in [-0.1, -0.05) is 36.4 Å². The number of carbonyl (C=O) groups excluding carboxylic acids is 1. The summed E-state index contributed by atoms with van der Waals surface area (Å²) in [5.41, 5.74) is 5.20. The summed E-state index contributed by atoms with van der Waals surface area (Å²) in [6, 6.07) is 16.0. The van der Waals surface area contributed by atoms with E-state index in [4.69, 9.17) is 4.74 Å². The van der Waals surface area contributed by atoms with Crippen molar-refractivity contribution in [3.05, 3.63) is 88.1 Å². The number of amides is 1. The number of nitrogens with zero attached hydrogens (tertiary/aromatic N) is 1. The molecule has 182 valence electrons. The SMILES string of the molecule is Cc1cccc(C)c1C(=O)N[C@@H](Cc1ccc(OCCc2ccc3c(n2)NCCC3)cc1)C(=O)O. The van der Waals surface area contributed by atoms with Crippen LogP contribution < -0.4 is 15.4 Å². The molecule has 1 amide bonds. The van der Waals surface area contributed by atoms with Crippen LogP contribution in [0.15, 0.2) is 54.6 Å². The van der Waals surface area contributed by atoms with E-state index in [2.05, 4.69) is 27.8 Å². The maximum absolute atomic E-state index is 12.8. The number of rotatable bonds is 9. The number of benzene rings is 2. The molecular formula is C28H31N3O4. The topological polar surface area (TPSA) is 101 Å². The molecule has 0 saturated heterocycles. The molecule has 7 nitrogen and oxygen atoms in total. The first-order valence-electron chi connectivity index (χ1n) is 11.9. The molecule has 35 heavy (non-hydrogen) atoms. The normalized spacial score (nSPS) is 13.3. The number of pyridine rings is 1. The van der Waals surface area contributed by atoms with E-state index in [1.165, 1.54) is 5.56 Å². The maximum atomic E-state index is 12.8. The molecule has 3 aromatic rings. The monoisotopic (exact) mass is 473 g/mol. The lowest BCUT2D eigenvalue weighted by Gasteiger charge is -2.17. The zero-order valence-electron chi connectivity index (χ0n) is 20.1. The van der Waals surface area contributed by atoms with Crippen LogP contribution in [0.4, 0.5) is 5.82 Å². The zero-order valence-corrected chi connectivity index (χ0v) is 20.1. The molecule has 1 aromatic heterocycles. The van der Waals surface area contributed by atoms with Gasteiger partial charge in [0.2, 0.25) is 0 Å². The van der Waals surface area contributed by atoms with Crippen molar-refractivity contribution >= 4 is 17.7 Å². The number of aliphatic carboxylic acids is 1. The van der Waals surface area contributed by atoms with Crippen LogP contribution in [0.5, 0.6) is 5.75 Å². The summed E-state index contributed by atoms with van der Waals surface area (Å²) in [5, 5.41) is 15.7. The highest BCUT2D eigenvalue weighted by atomic mass is 16.5. The Kier molecular flexibility index (Phi) is 7.65. The molecule has 0 spiro atoms. The number of hydrogen-bond acceptors (Lipinski definition) is 5. The standard InChI is InChI=1S/C28H31N3O4/c1-18-5-3-6-19(2)25(18)27(32)31-24(28(33)34)17-20-8-12-23(13-9-20)35-16-14-22-11-10-21-7-4-15-29-26(21)30-22/h3,5-6,8-13,24H,4,7,14-17H2,1-2H3,(H,29,30)(H,31,32)(H,33,34)/t24-/m0/s1. The highest BCUT2D eigenvalue weighted by Gasteiger charge is 2.23. The van der Waals surface area contributed by atoms with Gasteiger partial charge in [-0.2, -0.15) is 0 Å². The van der Waals surface area contributed by atoms with Gasteiger partial charge in [-0.25, -0.2) is 9.78 Å². The number of carbonyl (C=O) groups is 2. The second kappa shape index (κ2) is 11.0. The van der Waals surface area contributed by atoms with Crippen molar-refractivity contribution in [2.75, 3.05) is 18.5 Å². The molecule has 0 aliphatic carbocycles. The van der Waals surface area contributed by atoms with Crippen LogP contribution in [0.25, 0.3) is 0 Å². The van der Waals surface area contributed by atoms with Crippen molar-refractivity contribution in [3.8, 4) is 5.75 Å². The number of fused-ring (bicyclic) bond motifs is 1. The summed E-state index contributed by atoms with van der Waals surface area (Å²) in [6.45, 7) is 5.14. The minimum absolute atomic E-state index is 0.179. The smallest absolute Gasteiger partial charge is 0.326 e. The number of carboxylic acid groups (broad SMARTS) is 1. The van der Waals surface area contributed by atoms with E-state index in [1.54, 1.807) is 0 Å². The fourth-order valence-corrected chi connectivity index (χ4v) is 4.34. The van der Waals surface area contributed by atoms with E-state index in [9.17, 15) is 14.7 Å². The molecule has 2 heterocycles. The first kappa shape index (κ1) is 24.3. The highest BCUT2D eigenvalue weighted by Crippen LogP contribution is 2.20. The van der Waals surface area contributed by atoms with Crippen molar-refractivity contribution in [1.29, 1.82) is 0 Å². The molecule has 1 atom stereocenters. The summed E-state index contributed by atoms with van der Waals surface area (Å²) in [4.78, 5) is 29.3. The fourth-order valence-electron chi connectivity index (χ4n) is 4.34. The number of hydrogen-bond donors (Lipinski definition) is 3. The van der Waals surface area contributed by atoms with Crippen LogP contribution in [0.1, 0.15) is 44.7 Å². The van der Waals surface area contributed by atoms with Crippen LogP contribution in [-0.4, -0.2) is 41.2 Å². The van der Waals surface area contributed by atoms with Crippen molar-refractivity contribution in [2.45, 2.75) is 45.6 Å². The Morgan fingerprint density at radius 1 is 1.09 bits per heavy atom. The minimum atomic E-state index is -1.07. The van der Waals surface area contributed by atoms with Crippen LogP contribution in [0.2, 0.25) is 0 Å². The molecule has 0 fully saturated rings. The first-order valence-corrected chi connectivity index (χ1v) is 11.9. The van der Waals surface area contributed by atoms with E-state index < -0.39 is 12.0 Å². The van der Waals surface area contributed by atoms with Gasteiger partial charge in [0.25, 0.3) is 5.91 Å². The molecule has 0 bridgehead atoms. The van der Waals surface area contributed by atoms with Crippen LogP contribution in [0.3, 0.4) is 0 Å². The molecule has 0 radical (unpaired) electrons. The molecular weight excluding hydrogens is 442 g/mol. The van der Waals surface area contributed by atoms with Gasteiger partial charge in [0.05, 0.1) is 6.61 Å². The largest absolute Gasteiger partial charge is 0.493 e. The summed E-state index contributed by atoms with van der Waals surface area (Å²) in [5.74, 6) is 0.239. The Balaban J connectivity index is 1.31. The maximum Gasteiger partial charge on any atom is 0.326 e. The molecule has 1 aliphatic rings. The Hall–Kier alpha value is -3.87. The van der Waals surface area contributed by atoms with Crippen molar-refractivity contribution in [1.82, 2.24) is 10.3 Å². The number of carboxylic acids is 1. The van der Waals surface area contributed by atoms with Gasteiger partial charge in [0.1, 0.15) is 17.6 Å². The van der Waals surface area contributed by atoms with Crippen LogP contribution in [0, 0.1) is 13.8 Å². The van der Waals surface area contributed by atoms with Crippen molar-refractivity contribution < 1.29 is 19.4 Å². The van der Waals surface area contributed by atoms with Gasteiger partial charge in [0.15, 0.2) is 0 Å². The Morgan fingerprint density at radius 3 is 2.54 bits per heavy atom. The van der Waals surface area contributed by atoms with E-state index >= 15 is 0 Å². The summed E-state index contributed by atoms with van der Waals surface area (Å²) < 4.78 is 5.86. The third-order valence-electron chi connectivity index (χ3n) is 6.25. The second-order valence-corrected chi connectivity index (χ2v) is 8.92. The van der Waals surface area contributed by atoms with E-state index in [1.807, 2.05) is 56.3 Å². The third kappa shape index (κ3) is 6.18. The molecule has 3 N–H and O–H groups in total. The Morgan fingerprint density at radius 2 is 1.83 bits per heavy atom. The number of nitrogens with one attached hydrogen (secondary N) is 2. The molecule has 7 heteroatoms. The summed E-state index contributed by atoms with van der Waals surface area (Å²) in [7, 11) is 0. The lowest BCUT2D eigenvalue weighted by Crippen LogP contribution is -2.42. The van der Waals surface area contributed by atoms with Gasteiger partial charge < -0.3 is 20.5 Å². The Labute approximate surface area is 205 Å². The van der Waals surface area contributed by atoms with E-state index in [0.717, 1.165) is 47.6 Å². The average Bonchev–Trinajstić information content (AvgIpc) is 2.84. The van der Waals surface area contributed by atoms with Crippen molar-refractivity contribution in [2.24, 2.45) is 0 Å². The number of aromatic nitrogens is 1.